The number of methoxy groups -OCH3 is 1. The Labute approximate surface area is 178 Å². The van der Waals surface area contributed by atoms with Gasteiger partial charge in [0.15, 0.2) is 0 Å². The zero-order valence-corrected chi connectivity index (χ0v) is 17.4. The number of halogens is 1. The Bertz CT molecular complexity index is 1270. The molecule has 2 aromatic heterocycles. The van der Waals surface area contributed by atoms with Gasteiger partial charge < -0.3 is 9.72 Å². The van der Waals surface area contributed by atoms with Crippen LogP contribution in [0, 0.1) is 5.82 Å². The van der Waals surface area contributed by atoms with Crippen LogP contribution >= 0.6 is 0 Å². The summed E-state index contributed by atoms with van der Waals surface area (Å²) < 4.78 is 20.3. The fourth-order valence-electron chi connectivity index (χ4n) is 4.16. The molecule has 158 valence electrons. The van der Waals surface area contributed by atoms with Gasteiger partial charge in [-0.2, -0.15) is 0 Å². The standard InChI is InChI=1S/C24H23FN4O2/c1-15(28-12-18(13-28)16-5-9-20(31-2)10-6-16)21-14-29-22(24(30)27-21)11-26-23(29)17-3-7-19(25)8-4-17/h3-11,14-15,18H,12-13H2,1-2H3,(H,27,30). The van der Waals surface area contributed by atoms with Crippen LogP contribution < -0.4 is 10.3 Å². The van der Waals surface area contributed by atoms with E-state index in [0.717, 1.165) is 30.1 Å². The number of hydrogen-bond donors (Lipinski definition) is 1. The first-order chi connectivity index (χ1) is 15.0. The zero-order chi connectivity index (χ0) is 21.5. The highest BCUT2D eigenvalue weighted by molar-refractivity contribution is 5.61. The number of imidazole rings is 1. The summed E-state index contributed by atoms with van der Waals surface area (Å²) in [5.74, 6) is 1.64. The average molecular weight is 418 g/mol. The monoisotopic (exact) mass is 418 g/mol. The third-order valence-corrected chi connectivity index (χ3v) is 6.15. The van der Waals surface area contributed by atoms with E-state index < -0.39 is 0 Å². The molecule has 1 fully saturated rings. The Morgan fingerprint density at radius 2 is 1.84 bits per heavy atom. The second kappa shape index (κ2) is 7.67. The maximum atomic E-state index is 13.3. The first-order valence-electron chi connectivity index (χ1n) is 10.3. The van der Waals surface area contributed by atoms with Crippen LogP contribution in [0.2, 0.25) is 0 Å². The Kier molecular flexibility index (Phi) is 4.82. The van der Waals surface area contributed by atoms with Crippen molar-refractivity contribution in [1.29, 1.82) is 0 Å². The number of hydrogen-bond acceptors (Lipinski definition) is 4. The summed E-state index contributed by atoms with van der Waals surface area (Å²) >= 11 is 0. The molecule has 0 radical (unpaired) electrons. The minimum absolute atomic E-state index is 0.0510. The van der Waals surface area contributed by atoms with Crippen LogP contribution in [0.4, 0.5) is 4.39 Å². The van der Waals surface area contributed by atoms with Crippen LogP contribution in [-0.4, -0.2) is 39.5 Å². The lowest BCUT2D eigenvalue weighted by molar-refractivity contribution is 0.0979. The van der Waals surface area contributed by atoms with Gasteiger partial charge in [0.1, 0.15) is 22.9 Å². The quantitative estimate of drug-likeness (QED) is 0.532. The van der Waals surface area contributed by atoms with Crippen molar-refractivity contribution in [3.8, 4) is 17.1 Å². The number of nitrogens with zero attached hydrogens (tertiary/aromatic N) is 3. The van der Waals surface area contributed by atoms with Crippen LogP contribution in [0.3, 0.4) is 0 Å². The number of fused-ring (bicyclic) bond motifs is 1. The highest BCUT2D eigenvalue weighted by Crippen LogP contribution is 2.34. The number of ether oxygens (including phenoxy) is 1. The molecule has 5 rings (SSSR count). The Morgan fingerprint density at radius 3 is 2.52 bits per heavy atom. The molecule has 3 heterocycles. The van der Waals surface area contributed by atoms with Gasteiger partial charge in [-0.05, 0) is 48.9 Å². The first-order valence-corrected chi connectivity index (χ1v) is 10.3. The Balaban J connectivity index is 1.39. The van der Waals surface area contributed by atoms with E-state index in [1.165, 1.54) is 17.7 Å². The number of aromatic nitrogens is 3. The molecule has 4 aromatic rings. The van der Waals surface area contributed by atoms with Gasteiger partial charge in [-0.3, -0.25) is 14.1 Å². The summed E-state index contributed by atoms with van der Waals surface area (Å²) in [6.45, 7) is 3.93. The first kappa shape index (κ1) is 19.5. The number of likely N-dealkylation sites (tertiary alicyclic amines) is 1. The van der Waals surface area contributed by atoms with E-state index in [9.17, 15) is 9.18 Å². The molecule has 0 amide bonds. The van der Waals surface area contributed by atoms with E-state index in [-0.39, 0.29) is 17.4 Å². The van der Waals surface area contributed by atoms with E-state index >= 15 is 0 Å². The van der Waals surface area contributed by atoms with E-state index in [2.05, 4.69) is 33.9 Å². The highest BCUT2D eigenvalue weighted by Gasteiger charge is 2.32. The molecule has 6 nitrogen and oxygen atoms in total. The lowest BCUT2D eigenvalue weighted by atomic mass is 9.90. The molecule has 1 saturated heterocycles. The molecule has 2 aromatic carbocycles. The van der Waals surface area contributed by atoms with Crippen molar-refractivity contribution in [2.24, 2.45) is 0 Å². The van der Waals surface area contributed by atoms with Gasteiger partial charge in [-0.25, -0.2) is 9.37 Å². The van der Waals surface area contributed by atoms with Crippen molar-refractivity contribution in [2.45, 2.75) is 18.9 Å². The molecule has 0 bridgehead atoms. The summed E-state index contributed by atoms with van der Waals surface area (Å²) in [5, 5.41) is 0. The molecule has 1 aliphatic rings. The number of aromatic amines is 1. The molecule has 31 heavy (non-hydrogen) atoms. The SMILES string of the molecule is COc1ccc(C2CN(C(C)c3cn4c(-c5ccc(F)cc5)ncc4c(=O)[nH]3)C2)cc1. The molecule has 1 N–H and O–H groups in total. The van der Waals surface area contributed by atoms with Crippen LogP contribution in [0.25, 0.3) is 16.9 Å². The van der Waals surface area contributed by atoms with Gasteiger partial charge in [0, 0.05) is 36.8 Å². The van der Waals surface area contributed by atoms with Gasteiger partial charge in [0.25, 0.3) is 5.56 Å². The zero-order valence-electron chi connectivity index (χ0n) is 17.4. The number of H-pyrrole nitrogens is 1. The molecule has 1 atom stereocenters. The van der Waals surface area contributed by atoms with Gasteiger partial charge in [-0.1, -0.05) is 12.1 Å². The van der Waals surface area contributed by atoms with Gasteiger partial charge in [0.05, 0.1) is 19.0 Å². The van der Waals surface area contributed by atoms with E-state index in [1.54, 1.807) is 29.8 Å². The molecule has 0 aliphatic carbocycles. The van der Waals surface area contributed by atoms with Crippen LogP contribution in [-0.2, 0) is 0 Å². The van der Waals surface area contributed by atoms with Crippen molar-refractivity contribution in [3.05, 3.63) is 88.4 Å². The molecular formula is C24H23FN4O2. The summed E-state index contributed by atoms with van der Waals surface area (Å²) in [6.07, 6.45) is 3.48. The smallest absolute Gasteiger partial charge is 0.274 e. The molecular weight excluding hydrogens is 395 g/mol. The summed E-state index contributed by atoms with van der Waals surface area (Å²) in [6, 6.07) is 14.4. The van der Waals surface area contributed by atoms with Crippen molar-refractivity contribution >= 4 is 5.52 Å². The maximum Gasteiger partial charge on any atom is 0.274 e. The maximum absolute atomic E-state index is 13.3. The van der Waals surface area contributed by atoms with Gasteiger partial charge in [0.2, 0.25) is 0 Å². The van der Waals surface area contributed by atoms with Crippen LogP contribution in [0.15, 0.2) is 65.7 Å². The minimum Gasteiger partial charge on any atom is -0.497 e. The third-order valence-electron chi connectivity index (χ3n) is 6.15. The molecule has 1 aliphatic heterocycles. The fraction of sp³-hybridized carbons (Fsp3) is 0.250. The van der Waals surface area contributed by atoms with Crippen molar-refractivity contribution in [1.82, 2.24) is 19.3 Å². The van der Waals surface area contributed by atoms with Crippen LogP contribution in [0.1, 0.15) is 30.1 Å². The second-order valence-electron chi connectivity index (χ2n) is 7.98. The highest BCUT2D eigenvalue weighted by atomic mass is 19.1. The summed E-state index contributed by atoms with van der Waals surface area (Å²) in [5.41, 5.74) is 3.16. The molecule has 0 spiro atoms. The third kappa shape index (κ3) is 3.51. The van der Waals surface area contributed by atoms with Gasteiger partial charge in [-0.15, -0.1) is 0 Å². The minimum atomic E-state index is -0.305. The van der Waals surface area contributed by atoms with E-state index in [0.29, 0.717) is 17.3 Å². The largest absolute Gasteiger partial charge is 0.497 e. The van der Waals surface area contributed by atoms with Crippen LogP contribution in [0.5, 0.6) is 5.75 Å². The normalized spacial score (nSPS) is 15.7. The Hall–Kier alpha value is -3.45. The number of nitrogens with one attached hydrogen (secondary N) is 1. The predicted molar refractivity (Wildman–Crippen MR) is 117 cm³/mol. The topological polar surface area (TPSA) is 62.6 Å². The number of rotatable bonds is 5. The Morgan fingerprint density at radius 1 is 1.13 bits per heavy atom. The summed E-state index contributed by atoms with van der Waals surface area (Å²) in [7, 11) is 1.67. The van der Waals surface area contributed by atoms with Crippen molar-refractivity contribution < 1.29 is 9.13 Å². The van der Waals surface area contributed by atoms with Crippen molar-refractivity contribution in [2.75, 3.05) is 20.2 Å². The molecule has 1 unspecified atom stereocenters. The lowest BCUT2D eigenvalue weighted by Gasteiger charge is -2.43. The predicted octanol–water partition coefficient (Wildman–Crippen LogP) is 4.00. The average Bonchev–Trinajstić information content (AvgIpc) is 3.18. The number of benzene rings is 2. The second-order valence-corrected chi connectivity index (χ2v) is 7.98. The van der Waals surface area contributed by atoms with Gasteiger partial charge >= 0.3 is 0 Å². The molecule has 0 saturated carbocycles. The summed E-state index contributed by atoms with van der Waals surface area (Å²) in [4.78, 5) is 22.4. The molecule has 7 heteroatoms. The van der Waals surface area contributed by atoms with E-state index in [1.807, 2.05) is 18.3 Å². The fourth-order valence-corrected chi connectivity index (χ4v) is 4.16. The lowest BCUT2D eigenvalue weighted by Crippen LogP contribution is -2.46. The van der Waals surface area contributed by atoms with E-state index in [4.69, 9.17) is 4.74 Å². The van der Waals surface area contributed by atoms with Crippen molar-refractivity contribution in [3.63, 3.8) is 0 Å².